The number of aryl methyl sites for hydroxylation is 1. The molecule has 1 saturated heterocycles. The van der Waals surface area contributed by atoms with Crippen molar-refractivity contribution in [3.8, 4) is 0 Å². The Bertz CT molecular complexity index is 1120. The Morgan fingerprint density at radius 3 is 2.28 bits per heavy atom. The van der Waals surface area contributed by atoms with Crippen molar-refractivity contribution in [3.63, 3.8) is 0 Å². The van der Waals surface area contributed by atoms with E-state index in [0.29, 0.717) is 36.8 Å². The predicted octanol–water partition coefficient (Wildman–Crippen LogP) is 4.79. The smallest absolute Gasteiger partial charge is 0.290 e. The third-order valence-corrected chi connectivity index (χ3v) is 5.66. The second kappa shape index (κ2) is 7.69. The Hall–Kier alpha value is -2.57. The molecule has 1 fully saturated rings. The molecule has 0 N–H and O–H groups in total. The summed E-state index contributed by atoms with van der Waals surface area (Å²) in [6, 6.07) is 8.92. The molecule has 29 heavy (non-hydrogen) atoms. The van der Waals surface area contributed by atoms with Gasteiger partial charge in [-0.15, -0.1) is 0 Å². The fourth-order valence-electron chi connectivity index (χ4n) is 3.49. The zero-order valence-corrected chi connectivity index (χ0v) is 17.1. The van der Waals surface area contributed by atoms with Gasteiger partial charge in [0.05, 0.1) is 10.6 Å². The van der Waals surface area contributed by atoms with Crippen LogP contribution in [0.25, 0.3) is 11.0 Å². The molecule has 0 bridgehead atoms. The molecule has 4 rings (SSSR count). The number of furan rings is 1. The first-order chi connectivity index (χ1) is 13.8. The summed E-state index contributed by atoms with van der Waals surface area (Å²) in [5.41, 5.74) is 1.59. The highest BCUT2D eigenvalue weighted by Crippen LogP contribution is 2.29. The van der Waals surface area contributed by atoms with Crippen LogP contribution in [0.5, 0.6) is 0 Å². The lowest BCUT2D eigenvalue weighted by Crippen LogP contribution is -2.50. The lowest BCUT2D eigenvalue weighted by molar-refractivity contribution is 0.0519. The fourth-order valence-corrected chi connectivity index (χ4v) is 3.91. The highest BCUT2D eigenvalue weighted by molar-refractivity contribution is 6.33. The lowest BCUT2D eigenvalue weighted by atomic mass is 10.1. The summed E-state index contributed by atoms with van der Waals surface area (Å²) < 4.78 is 19.0. The zero-order valence-electron chi connectivity index (χ0n) is 15.5. The van der Waals surface area contributed by atoms with Crippen LogP contribution in [0, 0.1) is 12.7 Å². The third-order valence-electron chi connectivity index (χ3n) is 5.11. The highest BCUT2D eigenvalue weighted by Gasteiger charge is 2.29. The number of piperazine rings is 1. The highest BCUT2D eigenvalue weighted by atomic mass is 35.5. The maximum absolute atomic E-state index is 13.2. The molecule has 2 heterocycles. The minimum absolute atomic E-state index is 0.0741. The molecule has 150 valence electrons. The van der Waals surface area contributed by atoms with Crippen LogP contribution in [0.1, 0.15) is 26.5 Å². The Balaban J connectivity index is 1.47. The van der Waals surface area contributed by atoms with Crippen molar-refractivity contribution in [1.29, 1.82) is 0 Å². The van der Waals surface area contributed by atoms with E-state index in [1.807, 2.05) is 6.92 Å². The number of halogens is 3. The normalized spacial score (nSPS) is 14.5. The van der Waals surface area contributed by atoms with Crippen LogP contribution in [-0.4, -0.2) is 47.8 Å². The van der Waals surface area contributed by atoms with E-state index >= 15 is 0 Å². The molecule has 0 aliphatic carbocycles. The minimum atomic E-state index is -0.496. The quantitative estimate of drug-likeness (QED) is 0.582. The second-order valence-corrected chi connectivity index (χ2v) is 7.75. The Kier molecular flexibility index (Phi) is 5.23. The van der Waals surface area contributed by atoms with Crippen molar-refractivity contribution >= 4 is 46.0 Å². The van der Waals surface area contributed by atoms with Crippen LogP contribution < -0.4 is 0 Å². The van der Waals surface area contributed by atoms with E-state index in [4.69, 9.17) is 27.6 Å². The molecule has 1 aliphatic rings. The largest absolute Gasteiger partial charge is 0.451 e. The summed E-state index contributed by atoms with van der Waals surface area (Å²) in [5.74, 6) is -0.716. The van der Waals surface area contributed by atoms with E-state index in [-0.39, 0.29) is 28.2 Å². The number of carbonyl (C=O) groups is 2. The Morgan fingerprint density at radius 1 is 0.966 bits per heavy atom. The second-order valence-electron chi connectivity index (χ2n) is 6.91. The van der Waals surface area contributed by atoms with Crippen LogP contribution in [0.2, 0.25) is 10.0 Å². The molecule has 0 radical (unpaired) electrons. The molecule has 5 nitrogen and oxygen atoms in total. The van der Waals surface area contributed by atoms with Gasteiger partial charge in [0.25, 0.3) is 11.8 Å². The van der Waals surface area contributed by atoms with Crippen molar-refractivity contribution in [2.45, 2.75) is 6.92 Å². The molecule has 2 amide bonds. The van der Waals surface area contributed by atoms with Crippen molar-refractivity contribution in [2.75, 3.05) is 26.2 Å². The molecule has 8 heteroatoms. The summed E-state index contributed by atoms with van der Waals surface area (Å²) >= 11 is 12.0. The maximum Gasteiger partial charge on any atom is 0.290 e. The molecule has 1 aromatic heterocycles. The molecule has 0 saturated carbocycles. The maximum atomic E-state index is 13.2. The van der Waals surface area contributed by atoms with Crippen LogP contribution in [-0.2, 0) is 0 Å². The van der Waals surface area contributed by atoms with E-state index in [1.54, 1.807) is 28.0 Å². The summed E-state index contributed by atoms with van der Waals surface area (Å²) in [6.07, 6.45) is 0. The van der Waals surface area contributed by atoms with Crippen LogP contribution in [0.4, 0.5) is 4.39 Å². The number of amides is 2. The van der Waals surface area contributed by atoms with Crippen LogP contribution in [0.15, 0.2) is 40.8 Å². The molecule has 0 unspecified atom stereocenters. The third kappa shape index (κ3) is 3.70. The average molecular weight is 435 g/mol. The van der Waals surface area contributed by atoms with Crippen molar-refractivity contribution in [1.82, 2.24) is 9.80 Å². The average Bonchev–Trinajstić information content (AvgIpc) is 3.03. The summed E-state index contributed by atoms with van der Waals surface area (Å²) in [7, 11) is 0. The zero-order chi connectivity index (χ0) is 20.7. The van der Waals surface area contributed by atoms with E-state index in [1.165, 1.54) is 12.1 Å². The number of benzene rings is 2. The summed E-state index contributed by atoms with van der Waals surface area (Å²) in [6.45, 7) is 3.25. The van der Waals surface area contributed by atoms with Gasteiger partial charge in [0, 0.05) is 42.2 Å². The van der Waals surface area contributed by atoms with E-state index in [0.717, 1.165) is 17.0 Å². The van der Waals surface area contributed by atoms with Crippen molar-refractivity contribution < 1.29 is 18.4 Å². The van der Waals surface area contributed by atoms with Crippen LogP contribution >= 0.6 is 23.2 Å². The fraction of sp³-hybridized carbons (Fsp3) is 0.238. The number of fused-ring (bicyclic) bond motifs is 1. The standard InChI is InChI=1S/C21H17Cl2FN2O3/c1-12-16-10-13(22)2-5-18(16)29-19(12)21(28)26-8-6-25(7-9-26)20(27)15-4-3-14(24)11-17(15)23/h2-5,10-11H,6-9H2,1H3. The first-order valence-electron chi connectivity index (χ1n) is 9.07. The predicted molar refractivity (Wildman–Crippen MR) is 109 cm³/mol. The van der Waals surface area contributed by atoms with Gasteiger partial charge in [-0.25, -0.2) is 4.39 Å². The van der Waals surface area contributed by atoms with Gasteiger partial charge in [0.1, 0.15) is 11.4 Å². The molecule has 1 aliphatic heterocycles. The SMILES string of the molecule is Cc1c(C(=O)N2CCN(C(=O)c3ccc(F)cc3Cl)CC2)oc2ccc(Cl)cc12. The van der Waals surface area contributed by atoms with Gasteiger partial charge >= 0.3 is 0 Å². The molecule has 3 aromatic rings. The van der Waals surface area contributed by atoms with Crippen LogP contribution in [0.3, 0.4) is 0 Å². The minimum Gasteiger partial charge on any atom is -0.451 e. The van der Waals surface area contributed by atoms with Gasteiger partial charge in [0.2, 0.25) is 0 Å². The first-order valence-corrected chi connectivity index (χ1v) is 9.83. The topological polar surface area (TPSA) is 53.8 Å². The Labute approximate surface area is 176 Å². The monoisotopic (exact) mass is 434 g/mol. The van der Waals surface area contributed by atoms with Crippen molar-refractivity contribution in [3.05, 3.63) is 69.1 Å². The van der Waals surface area contributed by atoms with E-state index in [2.05, 4.69) is 0 Å². The first kappa shape index (κ1) is 19.7. The molecular formula is C21H17Cl2FN2O3. The molecule has 2 aromatic carbocycles. The summed E-state index contributed by atoms with van der Waals surface area (Å²) in [4.78, 5) is 28.9. The van der Waals surface area contributed by atoms with E-state index < -0.39 is 5.82 Å². The van der Waals surface area contributed by atoms with Gasteiger partial charge in [0.15, 0.2) is 5.76 Å². The van der Waals surface area contributed by atoms with Gasteiger partial charge in [-0.3, -0.25) is 9.59 Å². The van der Waals surface area contributed by atoms with E-state index in [9.17, 15) is 14.0 Å². The number of hydrogen-bond donors (Lipinski definition) is 0. The Morgan fingerprint density at radius 2 is 1.62 bits per heavy atom. The number of nitrogens with zero attached hydrogens (tertiary/aromatic N) is 2. The van der Waals surface area contributed by atoms with Gasteiger partial charge < -0.3 is 14.2 Å². The lowest BCUT2D eigenvalue weighted by Gasteiger charge is -2.34. The molecule has 0 spiro atoms. The van der Waals surface area contributed by atoms with Gasteiger partial charge in [-0.2, -0.15) is 0 Å². The van der Waals surface area contributed by atoms with Crippen molar-refractivity contribution in [2.24, 2.45) is 0 Å². The summed E-state index contributed by atoms with van der Waals surface area (Å²) in [5, 5.41) is 1.46. The number of hydrogen-bond acceptors (Lipinski definition) is 3. The number of carbonyl (C=O) groups excluding carboxylic acids is 2. The molecule has 0 atom stereocenters. The number of rotatable bonds is 2. The van der Waals surface area contributed by atoms with Gasteiger partial charge in [-0.05, 0) is 43.3 Å². The molecular weight excluding hydrogens is 418 g/mol. The van der Waals surface area contributed by atoms with Gasteiger partial charge in [-0.1, -0.05) is 23.2 Å².